The molecule has 2 rings (SSSR count). The number of fused-ring (bicyclic) bond motifs is 1. The minimum absolute atomic E-state index is 0.319. The Kier molecular flexibility index (Phi) is 2.91. The standard InChI is InChI=1S/C13H13N3O3/c1-13(2,7-14)11(17)16(3)8-4-5-10-9(6-8)15-12(18)19-10/h4-6H,1-3H3,(H,15,18). The fourth-order valence-corrected chi connectivity index (χ4v) is 1.73. The second-order valence-corrected chi connectivity index (χ2v) is 4.80. The van der Waals surface area contributed by atoms with Crippen LogP contribution in [0.5, 0.6) is 0 Å². The molecule has 0 fully saturated rings. The number of nitriles is 1. The number of hydrogen-bond donors (Lipinski definition) is 1. The Balaban J connectivity index is 2.42. The second-order valence-electron chi connectivity index (χ2n) is 4.80. The number of aromatic nitrogens is 1. The minimum atomic E-state index is -1.10. The van der Waals surface area contributed by atoms with E-state index in [1.807, 2.05) is 6.07 Å². The molecule has 2 aromatic rings. The molecule has 6 nitrogen and oxygen atoms in total. The number of aromatic amines is 1. The van der Waals surface area contributed by atoms with Crippen molar-refractivity contribution in [1.29, 1.82) is 5.26 Å². The van der Waals surface area contributed by atoms with E-state index in [-0.39, 0.29) is 5.91 Å². The summed E-state index contributed by atoms with van der Waals surface area (Å²) in [5, 5.41) is 8.98. The van der Waals surface area contributed by atoms with E-state index in [1.54, 1.807) is 39.1 Å². The number of oxazole rings is 1. The molecule has 0 atom stereocenters. The molecule has 0 aliphatic rings. The molecular formula is C13H13N3O3. The predicted molar refractivity (Wildman–Crippen MR) is 69.6 cm³/mol. The van der Waals surface area contributed by atoms with Gasteiger partial charge in [-0.25, -0.2) is 4.79 Å². The van der Waals surface area contributed by atoms with E-state index in [2.05, 4.69) is 4.98 Å². The number of carbonyl (C=O) groups is 1. The van der Waals surface area contributed by atoms with Gasteiger partial charge in [0.2, 0.25) is 5.91 Å². The summed E-state index contributed by atoms with van der Waals surface area (Å²) in [7, 11) is 1.58. The first-order valence-electron chi connectivity index (χ1n) is 5.67. The van der Waals surface area contributed by atoms with Gasteiger partial charge in [-0.2, -0.15) is 5.26 Å². The monoisotopic (exact) mass is 259 g/mol. The SMILES string of the molecule is CN(C(=O)C(C)(C)C#N)c1ccc2oc(=O)[nH]c2c1. The number of carbonyl (C=O) groups excluding carboxylic acids is 1. The number of hydrogen-bond acceptors (Lipinski definition) is 4. The van der Waals surface area contributed by atoms with Crippen molar-refractivity contribution in [3.05, 3.63) is 28.7 Å². The van der Waals surface area contributed by atoms with Crippen LogP contribution in [0.2, 0.25) is 0 Å². The van der Waals surface area contributed by atoms with Gasteiger partial charge in [-0.15, -0.1) is 0 Å². The molecule has 98 valence electrons. The van der Waals surface area contributed by atoms with Crippen LogP contribution in [0.25, 0.3) is 11.1 Å². The van der Waals surface area contributed by atoms with Crippen LogP contribution in [-0.4, -0.2) is 17.9 Å². The average molecular weight is 259 g/mol. The summed E-state index contributed by atoms with van der Waals surface area (Å²) in [6.45, 7) is 3.12. The summed E-state index contributed by atoms with van der Waals surface area (Å²) < 4.78 is 4.88. The first kappa shape index (κ1) is 12.9. The normalized spacial score (nSPS) is 11.3. The minimum Gasteiger partial charge on any atom is -0.408 e. The number of rotatable bonds is 2. The Morgan fingerprint density at radius 1 is 1.47 bits per heavy atom. The van der Waals surface area contributed by atoms with Crippen LogP contribution in [0.4, 0.5) is 5.69 Å². The van der Waals surface area contributed by atoms with Crippen LogP contribution in [-0.2, 0) is 4.79 Å². The van der Waals surface area contributed by atoms with Gasteiger partial charge in [0, 0.05) is 12.7 Å². The largest absolute Gasteiger partial charge is 0.417 e. The lowest BCUT2D eigenvalue weighted by Crippen LogP contribution is -2.37. The molecule has 1 aromatic carbocycles. The molecule has 1 amide bonds. The zero-order valence-electron chi connectivity index (χ0n) is 10.9. The Hall–Kier alpha value is -2.55. The van der Waals surface area contributed by atoms with Crippen molar-refractivity contribution in [2.45, 2.75) is 13.8 Å². The van der Waals surface area contributed by atoms with E-state index >= 15 is 0 Å². The maximum absolute atomic E-state index is 12.1. The summed E-state index contributed by atoms with van der Waals surface area (Å²) in [5.74, 6) is -0.862. The smallest absolute Gasteiger partial charge is 0.408 e. The number of amides is 1. The first-order valence-corrected chi connectivity index (χ1v) is 5.67. The maximum Gasteiger partial charge on any atom is 0.417 e. The van der Waals surface area contributed by atoms with Gasteiger partial charge in [-0.05, 0) is 32.0 Å². The van der Waals surface area contributed by atoms with Crippen molar-refractivity contribution < 1.29 is 9.21 Å². The van der Waals surface area contributed by atoms with Gasteiger partial charge in [0.1, 0.15) is 5.41 Å². The molecular weight excluding hydrogens is 246 g/mol. The summed E-state index contributed by atoms with van der Waals surface area (Å²) in [4.78, 5) is 27.1. The first-order chi connectivity index (χ1) is 8.85. The number of nitrogens with zero attached hydrogens (tertiary/aromatic N) is 2. The lowest BCUT2D eigenvalue weighted by molar-refractivity contribution is -0.123. The molecule has 19 heavy (non-hydrogen) atoms. The molecule has 0 aliphatic heterocycles. The number of H-pyrrole nitrogens is 1. The molecule has 0 spiro atoms. The average Bonchev–Trinajstić information content (AvgIpc) is 2.75. The summed E-state index contributed by atoms with van der Waals surface area (Å²) >= 11 is 0. The third-order valence-electron chi connectivity index (χ3n) is 2.91. The van der Waals surface area contributed by atoms with Crippen molar-refractivity contribution in [2.75, 3.05) is 11.9 Å². The van der Waals surface area contributed by atoms with Crippen molar-refractivity contribution in [3.63, 3.8) is 0 Å². The van der Waals surface area contributed by atoms with E-state index in [4.69, 9.17) is 9.68 Å². The predicted octanol–water partition coefficient (Wildman–Crippen LogP) is 1.63. The highest BCUT2D eigenvalue weighted by atomic mass is 16.4. The second kappa shape index (κ2) is 4.28. The van der Waals surface area contributed by atoms with Gasteiger partial charge < -0.3 is 9.32 Å². The molecule has 0 saturated carbocycles. The Morgan fingerprint density at radius 3 is 2.79 bits per heavy atom. The lowest BCUT2D eigenvalue weighted by atomic mass is 9.94. The van der Waals surface area contributed by atoms with E-state index in [1.165, 1.54) is 4.90 Å². The van der Waals surface area contributed by atoms with Crippen LogP contribution < -0.4 is 10.7 Å². The van der Waals surface area contributed by atoms with E-state index in [0.717, 1.165) is 0 Å². The van der Waals surface area contributed by atoms with E-state index in [9.17, 15) is 9.59 Å². The van der Waals surface area contributed by atoms with Gasteiger partial charge in [-0.3, -0.25) is 9.78 Å². The Bertz CT molecular complexity index is 733. The maximum atomic E-state index is 12.1. The third-order valence-corrected chi connectivity index (χ3v) is 2.91. The molecule has 0 radical (unpaired) electrons. The number of nitrogens with one attached hydrogen (secondary N) is 1. The molecule has 6 heteroatoms. The molecule has 0 saturated heterocycles. The zero-order valence-corrected chi connectivity index (χ0v) is 10.9. The number of benzene rings is 1. The molecule has 1 aromatic heterocycles. The van der Waals surface area contributed by atoms with Crippen molar-refractivity contribution in [3.8, 4) is 6.07 Å². The zero-order chi connectivity index (χ0) is 14.2. The lowest BCUT2D eigenvalue weighted by Gasteiger charge is -2.23. The highest BCUT2D eigenvalue weighted by molar-refractivity contribution is 5.99. The van der Waals surface area contributed by atoms with Crippen LogP contribution in [0, 0.1) is 16.7 Å². The molecule has 0 aliphatic carbocycles. The van der Waals surface area contributed by atoms with Crippen LogP contribution >= 0.6 is 0 Å². The van der Waals surface area contributed by atoms with Crippen LogP contribution in [0.15, 0.2) is 27.4 Å². The van der Waals surface area contributed by atoms with Crippen molar-refractivity contribution in [1.82, 2.24) is 4.98 Å². The van der Waals surface area contributed by atoms with Crippen LogP contribution in [0.3, 0.4) is 0 Å². The van der Waals surface area contributed by atoms with Gasteiger partial charge >= 0.3 is 5.76 Å². The van der Waals surface area contributed by atoms with Gasteiger partial charge in [0.25, 0.3) is 0 Å². The summed E-state index contributed by atoms with van der Waals surface area (Å²) in [5.41, 5.74) is 0.414. The molecule has 0 bridgehead atoms. The Labute approximate surface area is 109 Å². The topological polar surface area (TPSA) is 90.1 Å². The van der Waals surface area contributed by atoms with E-state index < -0.39 is 11.2 Å². The fourth-order valence-electron chi connectivity index (χ4n) is 1.73. The number of anilines is 1. The van der Waals surface area contributed by atoms with Crippen molar-refractivity contribution >= 4 is 22.7 Å². The van der Waals surface area contributed by atoms with Gasteiger partial charge in [0.15, 0.2) is 5.58 Å². The molecule has 1 N–H and O–H groups in total. The van der Waals surface area contributed by atoms with Gasteiger partial charge in [-0.1, -0.05) is 0 Å². The third kappa shape index (κ3) is 2.22. The quantitative estimate of drug-likeness (QED) is 0.887. The molecule has 0 unspecified atom stereocenters. The van der Waals surface area contributed by atoms with Gasteiger partial charge in [0.05, 0.1) is 11.6 Å². The summed E-state index contributed by atoms with van der Waals surface area (Å²) in [6, 6.07) is 6.86. The van der Waals surface area contributed by atoms with E-state index in [0.29, 0.717) is 16.8 Å². The van der Waals surface area contributed by atoms with Crippen molar-refractivity contribution in [2.24, 2.45) is 5.41 Å². The highest BCUT2D eigenvalue weighted by Gasteiger charge is 2.31. The van der Waals surface area contributed by atoms with Crippen LogP contribution in [0.1, 0.15) is 13.8 Å². The Morgan fingerprint density at radius 2 is 2.16 bits per heavy atom. The molecule has 1 heterocycles. The fraction of sp³-hybridized carbons (Fsp3) is 0.308. The highest BCUT2D eigenvalue weighted by Crippen LogP contribution is 2.24. The summed E-state index contributed by atoms with van der Waals surface area (Å²) in [6.07, 6.45) is 0.